The number of esters is 1. The van der Waals surface area contributed by atoms with Crippen LogP contribution < -0.4 is 5.32 Å². The lowest BCUT2D eigenvalue weighted by atomic mass is 9.85. The minimum absolute atomic E-state index is 0.130. The van der Waals surface area contributed by atoms with Gasteiger partial charge >= 0.3 is 5.97 Å². The summed E-state index contributed by atoms with van der Waals surface area (Å²) in [6.07, 6.45) is 2.32. The van der Waals surface area contributed by atoms with Gasteiger partial charge in [-0.2, -0.15) is 0 Å². The molecule has 1 heterocycles. The van der Waals surface area contributed by atoms with E-state index >= 15 is 0 Å². The number of ether oxygens (including phenoxy) is 1. The Morgan fingerprint density at radius 3 is 3.00 bits per heavy atom. The molecule has 0 bridgehead atoms. The van der Waals surface area contributed by atoms with E-state index in [-0.39, 0.29) is 12.5 Å². The Bertz CT molecular complexity index is 554. The molecule has 0 unspecified atom stereocenters. The third kappa shape index (κ3) is 3.24. The zero-order valence-corrected chi connectivity index (χ0v) is 11.7. The molecule has 2 rings (SSSR count). The summed E-state index contributed by atoms with van der Waals surface area (Å²) in [5.41, 5.74) is 8.52. The fourth-order valence-electron chi connectivity index (χ4n) is 2.55. The first-order valence-electron chi connectivity index (χ1n) is 6.82. The number of nitrogens with one attached hydrogen (secondary N) is 1. The number of carbonyl (C=O) groups excluding carboxylic acids is 1. The van der Waals surface area contributed by atoms with Gasteiger partial charge in [0.15, 0.2) is 5.54 Å². The number of nitrogens with zero attached hydrogens (tertiary/aromatic N) is 3. The van der Waals surface area contributed by atoms with E-state index in [1.54, 1.807) is 6.08 Å². The van der Waals surface area contributed by atoms with Crippen LogP contribution >= 0.6 is 0 Å². The summed E-state index contributed by atoms with van der Waals surface area (Å²) in [5, 5.41) is 6.86. The number of hydrogen-bond acceptors (Lipinski definition) is 4. The smallest absolute Gasteiger partial charge is 0.320 e. The molecule has 0 saturated carbocycles. The lowest BCUT2D eigenvalue weighted by Crippen LogP contribution is -2.45. The van der Waals surface area contributed by atoms with Crippen LogP contribution in [-0.2, 0) is 16.1 Å². The van der Waals surface area contributed by atoms with Crippen molar-refractivity contribution < 1.29 is 9.53 Å². The van der Waals surface area contributed by atoms with E-state index in [0.29, 0.717) is 19.5 Å². The predicted molar refractivity (Wildman–Crippen MR) is 79.3 cm³/mol. The molecule has 21 heavy (non-hydrogen) atoms. The molecule has 1 aromatic rings. The summed E-state index contributed by atoms with van der Waals surface area (Å²) in [7, 11) is 0. The van der Waals surface area contributed by atoms with Crippen molar-refractivity contribution in [2.24, 2.45) is 11.0 Å². The van der Waals surface area contributed by atoms with Gasteiger partial charge in [-0.1, -0.05) is 41.5 Å². The molecule has 1 N–H and O–H groups in total. The topological polar surface area (TPSA) is 87.1 Å². The Labute approximate surface area is 123 Å². The maximum Gasteiger partial charge on any atom is 0.320 e. The molecule has 2 atom stereocenters. The van der Waals surface area contributed by atoms with Crippen molar-refractivity contribution in [1.82, 2.24) is 5.32 Å². The monoisotopic (exact) mass is 286 g/mol. The quantitative estimate of drug-likeness (QED) is 0.286. The standard InChI is InChI=1S/C15H18N4O2/c1-2-6-13-9-17-11-15(13,18-19-16)14(20)21-10-12-7-4-3-5-8-12/h2-5,7-8,13,17H,1,6,9-11H2/t13-,15-/m0/s1. The molecule has 0 radical (unpaired) electrons. The number of azide groups is 1. The highest BCUT2D eigenvalue weighted by atomic mass is 16.5. The Morgan fingerprint density at radius 2 is 2.33 bits per heavy atom. The molecule has 1 aliphatic rings. The number of carbonyl (C=O) groups is 1. The largest absolute Gasteiger partial charge is 0.460 e. The fourth-order valence-corrected chi connectivity index (χ4v) is 2.55. The van der Waals surface area contributed by atoms with Crippen LogP contribution in [0, 0.1) is 5.92 Å². The minimum atomic E-state index is -1.18. The molecule has 0 aliphatic carbocycles. The van der Waals surface area contributed by atoms with Gasteiger partial charge in [0.2, 0.25) is 0 Å². The molecule has 1 aliphatic heterocycles. The average molecular weight is 286 g/mol. The van der Waals surface area contributed by atoms with Gasteiger partial charge in [0.1, 0.15) is 6.61 Å². The van der Waals surface area contributed by atoms with Crippen molar-refractivity contribution >= 4 is 5.97 Å². The third-order valence-electron chi connectivity index (χ3n) is 3.70. The van der Waals surface area contributed by atoms with E-state index in [1.807, 2.05) is 30.3 Å². The minimum Gasteiger partial charge on any atom is -0.460 e. The van der Waals surface area contributed by atoms with Gasteiger partial charge in [-0.25, -0.2) is 0 Å². The van der Waals surface area contributed by atoms with E-state index in [2.05, 4.69) is 21.9 Å². The Morgan fingerprint density at radius 1 is 1.57 bits per heavy atom. The molecule has 1 fully saturated rings. The first-order valence-corrected chi connectivity index (χ1v) is 6.82. The van der Waals surface area contributed by atoms with Crippen LogP contribution in [0.1, 0.15) is 12.0 Å². The molecule has 6 heteroatoms. The zero-order valence-electron chi connectivity index (χ0n) is 11.7. The van der Waals surface area contributed by atoms with Gasteiger partial charge < -0.3 is 10.1 Å². The average Bonchev–Trinajstić information content (AvgIpc) is 2.91. The van der Waals surface area contributed by atoms with E-state index < -0.39 is 11.5 Å². The van der Waals surface area contributed by atoms with Gasteiger partial charge in [0.25, 0.3) is 0 Å². The maximum atomic E-state index is 12.5. The van der Waals surface area contributed by atoms with Crippen molar-refractivity contribution in [3.05, 3.63) is 59.0 Å². The van der Waals surface area contributed by atoms with E-state index in [9.17, 15) is 4.79 Å². The van der Waals surface area contributed by atoms with E-state index in [0.717, 1.165) is 5.56 Å². The molecule has 1 saturated heterocycles. The van der Waals surface area contributed by atoms with Crippen LogP contribution in [0.4, 0.5) is 0 Å². The first kappa shape index (κ1) is 15.1. The van der Waals surface area contributed by atoms with Crippen LogP contribution in [0.15, 0.2) is 48.1 Å². The lowest BCUT2D eigenvalue weighted by Gasteiger charge is -2.26. The second-order valence-electron chi connectivity index (χ2n) is 5.03. The molecule has 6 nitrogen and oxygen atoms in total. The zero-order chi connectivity index (χ0) is 15.1. The summed E-state index contributed by atoms with van der Waals surface area (Å²) in [6, 6.07) is 9.41. The number of hydrogen-bond donors (Lipinski definition) is 1. The number of allylic oxidation sites excluding steroid dienone is 1. The lowest BCUT2D eigenvalue weighted by molar-refractivity contribution is -0.152. The number of rotatable bonds is 6. The molecular weight excluding hydrogens is 268 g/mol. The van der Waals surface area contributed by atoms with Gasteiger partial charge in [0.05, 0.1) is 0 Å². The SMILES string of the molecule is C=CC[C@H]1CNC[C@@]1(N=[N+]=[N-])C(=O)OCc1ccccc1. The van der Waals surface area contributed by atoms with Crippen LogP contribution in [0.5, 0.6) is 0 Å². The van der Waals surface area contributed by atoms with E-state index in [4.69, 9.17) is 10.3 Å². The van der Waals surface area contributed by atoms with Gasteiger partial charge in [-0.05, 0) is 30.0 Å². The highest BCUT2D eigenvalue weighted by Gasteiger charge is 2.49. The Balaban J connectivity index is 2.12. The Hall–Kier alpha value is -2.30. The van der Waals surface area contributed by atoms with Crippen LogP contribution in [0.2, 0.25) is 0 Å². The molecular formula is C15H18N4O2. The molecule has 110 valence electrons. The summed E-state index contributed by atoms with van der Waals surface area (Å²) < 4.78 is 5.37. The van der Waals surface area contributed by atoms with E-state index in [1.165, 1.54) is 0 Å². The van der Waals surface area contributed by atoms with Crippen LogP contribution in [0.25, 0.3) is 10.4 Å². The Kier molecular flexibility index (Phi) is 4.98. The normalized spacial score (nSPS) is 24.1. The highest BCUT2D eigenvalue weighted by molar-refractivity contribution is 5.82. The van der Waals surface area contributed by atoms with Crippen molar-refractivity contribution in [3.8, 4) is 0 Å². The second-order valence-corrected chi connectivity index (χ2v) is 5.03. The van der Waals surface area contributed by atoms with Gasteiger partial charge in [-0.3, -0.25) is 4.79 Å². The summed E-state index contributed by atoms with van der Waals surface area (Å²) >= 11 is 0. The second kappa shape index (κ2) is 6.92. The molecule has 1 aromatic carbocycles. The highest BCUT2D eigenvalue weighted by Crippen LogP contribution is 2.31. The fraction of sp³-hybridized carbons (Fsp3) is 0.400. The van der Waals surface area contributed by atoms with Crippen molar-refractivity contribution in [2.45, 2.75) is 18.6 Å². The first-order chi connectivity index (χ1) is 10.2. The van der Waals surface area contributed by atoms with Gasteiger partial charge in [-0.15, -0.1) is 6.58 Å². The molecule has 0 spiro atoms. The predicted octanol–water partition coefficient (Wildman–Crippen LogP) is 2.57. The van der Waals surface area contributed by atoms with Crippen LogP contribution in [0.3, 0.4) is 0 Å². The molecule has 0 aromatic heterocycles. The summed E-state index contributed by atoms with van der Waals surface area (Å²) in [5.74, 6) is -0.616. The van der Waals surface area contributed by atoms with Crippen molar-refractivity contribution in [2.75, 3.05) is 13.1 Å². The third-order valence-corrected chi connectivity index (χ3v) is 3.70. The summed E-state index contributed by atoms with van der Waals surface area (Å²) in [4.78, 5) is 15.3. The van der Waals surface area contributed by atoms with Crippen molar-refractivity contribution in [3.63, 3.8) is 0 Å². The van der Waals surface area contributed by atoms with Crippen LogP contribution in [-0.4, -0.2) is 24.6 Å². The molecule has 0 amide bonds. The van der Waals surface area contributed by atoms with Crippen molar-refractivity contribution in [1.29, 1.82) is 0 Å². The maximum absolute atomic E-state index is 12.5. The number of benzene rings is 1. The van der Waals surface area contributed by atoms with Gasteiger partial charge in [0, 0.05) is 11.5 Å². The summed E-state index contributed by atoms with van der Waals surface area (Å²) in [6.45, 7) is 4.76.